The molecule has 0 fully saturated rings. The number of ether oxygens (including phenoxy) is 1. The molecule has 0 aromatic heterocycles. The van der Waals surface area contributed by atoms with Gasteiger partial charge in [-0.05, 0) is 17.7 Å². The van der Waals surface area contributed by atoms with Crippen molar-refractivity contribution in [1.82, 2.24) is 0 Å². The number of nitrogens with zero attached hydrogens (tertiary/aromatic N) is 1. The van der Waals surface area contributed by atoms with Crippen LogP contribution in [0.5, 0.6) is 11.5 Å². The van der Waals surface area contributed by atoms with E-state index in [1.54, 1.807) is 6.07 Å². The van der Waals surface area contributed by atoms with Crippen molar-refractivity contribution in [3.8, 4) is 11.5 Å². The van der Waals surface area contributed by atoms with E-state index in [1.807, 2.05) is 0 Å². The lowest BCUT2D eigenvalue weighted by Gasteiger charge is -2.09. The normalized spacial score (nSPS) is 10.5. The Morgan fingerprint density at radius 1 is 1.24 bits per heavy atom. The van der Waals surface area contributed by atoms with Crippen LogP contribution in [0, 0.1) is 21.7 Å². The summed E-state index contributed by atoms with van der Waals surface area (Å²) in [5, 5.41) is 19.5. The van der Waals surface area contributed by atoms with Crippen LogP contribution in [0.25, 0.3) is 0 Å². The molecule has 2 aromatic rings. The topological polar surface area (TPSA) is 72.6 Å². The molecule has 0 saturated carbocycles. The van der Waals surface area contributed by atoms with Crippen LogP contribution < -0.4 is 4.74 Å². The Morgan fingerprint density at radius 3 is 2.52 bits per heavy atom. The largest absolute Gasteiger partial charge is 0.454 e. The quantitative estimate of drug-likeness (QED) is 0.663. The third kappa shape index (κ3) is 3.34. The summed E-state index contributed by atoms with van der Waals surface area (Å²) in [4.78, 5) is 9.47. The van der Waals surface area contributed by atoms with Gasteiger partial charge in [0.2, 0.25) is 5.82 Å². The summed E-state index contributed by atoms with van der Waals surface area (Å²) in [5.74, 6) is -2.53. The predicted molar refractivity (Wildman–Crippen MR) is 73.2 cm³/mol. The first-order valence-corrected chi connectivity index (χ1v) is 6.42. The standard InChI is InChI=1S/C13H8BrF2NO4/c14-9-3-8(2-1-7(9)6-18)21-13-5-10(15)12(17(19)20)4-11(13)16/h1-5,18H,6H2. The molecule has 5 nitrogen and oxygen atoms in total. The number of hydrogen-bond acceptors (Lipinski definition) is 4. The predicted octanol–water partition coefficient (Wildman–Crippen LogP) is 3.92. The maximum atomic E-state index is 13.7. The van der Waals surface area contributed by atoms with Gasteiger partial charge in [-0.25, -0.2) is 4.39 Å². The number of halogens is 3. The summed E-state index contributed by atoms with van der Waals surface area (Å²) < 4.78 is 32.8. The van der Waals surface area contributed by atoms with Gasteiger partial charge < -0.3 is 9.84 Å². The van der Waals surface area contributed by atoms with E-state index in [2.05, 4.69) is 15.9 Å². The lowest BCUT2D eigenvalue weighted by Crippen LogP contribution is -1.97. The van der Waals surface area contributed by atoms with Crippen LogP contribution in [0.15, 0.2) is 34.8 Å². The summed E-state index contributed by atoms with van der Waals surface area (Å²) in [7, 11) is 0. The number of hydrogen-bond donors (Lipinski definition) is 1. The van der Waals surface area contributed by atoms with Crippen molar-refractivity contribution in [2.75, 3.05) is 0 Å². The molecule has 0 radical (unpaired) electrons. The van der Waals surface area contributed by atoms with Crippen molar-refractivity contribution in [2.24, 2.45) is 0 Å². The molecule has 0 saturated heterocycles. The van der Waals surface area contributed by atoms with Gasteiger partial charge in [0, 0.05) is 10.5 Å². The fraction of sp³-hybridized carbons (Fsp3) is 0.0769. The fourth-order valence-corrected chi connectivity index (χ4v) is 2.07. The Bertz CT molecular complexity index is 709. The summed E-state index contributed by atoms with van der Waals surface area (Å²) in [6.07, 6.45) is 0. The van der Waals surface area contributed by atoms with Gasteiger partial charge in [-0.3, -0.25) is 10.1 Å². The van der Waals surface area contributed by atoms with E-state index in [1.165, 1.54) is 12.1 Å². The molecule has 0 aliphatic carbocycles. The number of nitro groups is 1. The maximum Gasteiger partial charge on any atom is 0.307 e. The van der Waals surface area contributed by atoms with Gasteiger partial charge in [0.15, 0.2) is 11.6 Å². The first-order valence-electron chi connectivity index (χ1n) is 5.63. The molecule has 0 unspecified atom stereocenters. The Morgan fingerprint density at radius 2 is 1.95 bits per heavy atom. The third-order valence-corrected chi connectivity index (χ3v) is 3.36. The number of aliphatic hydroxyl groups excluding tert-OH is 1. The highest BCUT2D eigenvalue weighted by atomic mass is 79.9. The van der Waals surface area contributed by atoms with E-state index in [0.717, 1.165) is 0 Å². The first kappa shape index (κ1) is 15.3. The number of aliphatic hydroxyl groups is 1. The average Bonchev–Trinajstić information content (AvgIpc) is 2.42. The Labute approximate surface area is 126 Å². The van der Waals surface area contributed by atoms with Crippen LogP contribution in [0.1, 0.15) is 5.56 Å². The van der Waals surface area contributed by atoms with Crippen LogP contribution in [-0.2, 0) is 6.61 Å². The molecule has 8 heteroatoms. The molecule has 0 atom stereocenters. The van der Waals surface area contributed by atoms with Crippen molar-refractivity contribution in [1.29, 1.82) is 0 Å². The number of benzene rings is 2. The van der Waals surface area contributed by atoms with Crippen LogP contribution in [-0.4, -0.2) is 10.0 Å². The van der Waals surface area contributed by atoms with Gasteiger partial charge in [0.05, 0.1) is 17.6 Å². The van der Waals surface area contributed by atoms with Crippen molar-refractivity contribution in [3.05, 3.63) is 62.1 Å². The van der Waals surface area contributed by atoms with Gasteiger partial charge in [-0.1, -0.05) is 22.0 Å². The minimum Gasteiger partial charge on any atom is -0.454 e. The summed E-state index contributed by atoms with van der Waals surface area (Å²) in [6.45, 7) is -0.193. The molecular formula is C13H8BrF2NO4. The molecule has 21 heavy (non-hydrogen) atoms. The second-order valence-electron chi connectivity index (χ2n) is 4.00. The van der Waals surface area contributed by atoms with Crippen molar-refractivity contribution < 1.29 is 23.5 Å². The lowest BCUT2D eigenvalue weighted by molar-refractivity contribution is -0.387. The van der Waals surface area contributed by atoms with Crippen molar-refractivity contribution in [3.63, 3.8) is 0 Å². The Hall–Kier alpha value is -2.06. The van der Waals surface area contributed by atoms with Crippen LogP contribution in [0.2, 0.25) is 0 Å². The van der Waals surface area contributed by atoms with Crippen LogP contribution >= 0.6 is 15.9 Å². The monoisotopic (exact) mass is 359 g/mol. The van der Waals surface area contributed by atoms with Gasteiger partial charge >= 0.3 is 5.69 Å². The minimum absolute atomic E-state index is 0.186. The molecule has 110 valence electrons. The van der Waals surface area contributed by atoms with Gasteiger partial charge in [0.25, 0.3) is 0 Å². The lowest BCUT2D eigenvalue weighted by atomic mass is 10.2. The zero-order valence-corrected chi connectivity index (χ0v) is 11.9. The molecule has 0 bridgehead atoms. The highest BCUT2D eigenvalue weighted by Gasteiger charge is 2.19. The summed E-state index contributed by atoms with van der Waals surface area (Å²) in [5.41, 5.74) is -0.366. The van der Waals surface area contributed by atoms with Crippen molar-refractivity contribution in [2.45, 2.75) is 6.61 Å². The molecule has 2 rings (SSSR count). The molecule has 0 aliphatic heterocycles. The minimum atomic E-state index is -1.19. The smallest absolute Gasteiger partial charge is 0.307 e. The molecule has 0 spiro atoms. The molecule has 1 N–H and O–H groups in total. The van der Waals surface area contributed by atoms with E-state index in [-0.39, 0.29) is 12.4 Å². The molecule has 0 heterocycles. The number of nitro benzene ring substituents is 1. The Kier molecular flexibility index (Phi) is 4.49. The highest BCUT2D eigenvalue weighted by Crippen LogP contribution is 2.32. The fourth-order valence-electron chi connectivity index (χ4n) is 1.58. The van der Waals surface area contributed by atoms with E-state index < -0.39 is 28.0 Å². The van der Waals surface area contributed by atoms with E-state index in [4.69, 9.17) is 9.84 Å². The van der Waals surface area contributed by atoms with E-state index >= 15 is 0 Å². The summed E-state index contributed by atoms with van der Waals surface area (Å²) >= 11 is 3.19. The molecule has 0 aliphatic rings. The van der Waals surface area contributed by atoms with Gasteiger partial charge in [-0.15, -0.1) is 0 Å². The van der Waals surface area contributed by atoms with Gasteiger partial charge in [0.1, 0.15) is 5.75 Å². The summed E-state index contributed by atoms with van der Waals surface area (Å²) in [6, 6.07) is 5.53. The third-order valence-electron chi connectivity index (χ3n) is 2.62. The Balaban J connectivity index is 2.34. The van der Waals surface area contributed by atoms with Crippen LogP contribution in [0.4, 0.5) is 14.5 Å². The molecule has 0 amide bonds. The van der Waals surface area contributed by atoms with Crippen molar-refractivity contribution >= 4 is 21.6 Å². The van der Waals surface area contributed by atoms with E-state index in [9.17, 15) is 18.9 Å². The zero-order chi connectivity index (χ0) is 15.6. The second-order valence-corrected chi connectivity index (χ2v) is 4.86. The second kappa shape index (κ2) is 6.15. The maximum absolute atomic E-state index is 13.7. The molecule has 2 aromatic carbocycles. The molecular weight excluding hydrogens is 352 g/mol. The zero-order valence-electron chi connectivity index (χ0n) is 10.3. The van der Waals surface area contributed by atoms with E-state index in [0.29, 0.717) is 22.2 Å². The SMILES string of the molecule is O=[N+]([O-])c1cc(F)c(Oc2ccc(CO)c(Br)c2)cc1F. The average molecular weight is 360 g/mol. The number of rotatable bonds is 4. The first-order chi connectivity index (χ1) is 9.92. The highest BCUT2D eigenvalue weighted by molar-refractivity contribution is 9.10. The van der Waals surface area contributed by atoms with Gasteiger partial charge in [-0.2, -0.15) is 4.39 Å². The van der Waals surface area contributed by atoms with Crippen LogP contribution in [0.3, 0.4) is 0 Å².